The SMILES string of the molecule is CCC(OC(N)=O)C(C)OC(N)=O. The van der Waals surface area contributed by atoms with Crippen LogP contribution in [0, 0.1) is 0 Å². The normalized spacial score (nSPS) is 14.3. The van der Waals surface area contributed by atoms with Crippen LogP contribution >= 0.6 is 0 Å². The van der Waals surface area contributed by atoms with Gasteiger partial charge in [-0.2, -0.15) is 0 Å². The molecule has 2 amide bonds. The van der Waals surface area contributed by atoms with Crippen molar-refractivity contribution in [3.8, 4) is 0 Å². The van der Waals surface area contributed by atoms with Gasteiger partial charge in [0, 0.05) is 0 Å². The number of amides is 2. The maximum absolute atomic E-state index is 10.4. The van der Waals surface area contributed by atoms with E-state index in [1.807, 2.05) is 0 Å². The molecule has 13 heavy (non-hydrogen) atoms. The van der Waals surface area contributed by atoms with Gasteiger partial charge in [-0.3, -0.25) is 0 Å². The van der Waals surface area contributed by atoms with Crippen molar-refractivity contribution in [3.63, 3.8) is 0 Å². The molecule has 0 aromatic rings. The van der Waals surface area contributed by atoms with Crippen LogP contribution in [-0.4, -0.2) is 24.4 Å². The highest BCUT2D eigenvalue weighted by Crippen LogP contribution is 2.07. The predicted molar refractivity (Wildman–Crippen MR) is 44.9 cm³/mol. The summed E-state index contributed by atoms with van der Waals surface area (Å²) in [6, 6.07) is 0. The number of carbonyl (C=O) groups excluding carboxylic acids is 2. The third kappa shape index (κ3) is 4.89. The Morgan fingerprint density at radius 2 is 1.69 bits per heavy atom. The summed E-state index contributed by atoms with van der Waals surface area (Å²) in [5.74, 6) is 0. The van der Waals surface area contributed by atoms with Crippen molar-refractivity contribution in [1.29, 1.82) is 0 Å². The van der Waals surface area contributed by atoms with Crippen molar-refractivity contribution < 1.29 is 19.1 Å². The third-order valence-electron chi connectivity index (χ3n) is 1.50. The van der Waals surface area contributed by atoms with Gasteiger partial charge < -0.3 is 20.9 Å². The van der Waals surface area contributed by atoms with E-state index >= 15 is 0 Å². The summed E-state index contributed by atoms with van der Waals surface area (Å²) in [5, 5.41) is 0. The van der Waals surface area contributed by atoms with Gasteiger partial charge in [0.25, 0.3) is 0 Å². The fourth-order valence-corrected chi connectivity index (χ4v) is 0.919. The smallest absolute Gasteiger partial charge is 0.404 e. The van der Waals surface area contributed by atoms with Crippen molar-refractivity contribution in [2.24, 2.45) is 11.5 Å². The lowest BCUT2D eigenvalue weighted by Crippen LogP contribution is -2.35. The minimum absolute atomic E-state index is 0.497. The zero-order chi connectivity index (χ0) is 10.4. The zero-order valence-electron chi connectivity index (χ0n) is 7.65. The van der Waals surface area contributed by atoms with Crippen molar-refractivity contribution in [2.75, 3.05) is 0 Å². The van der Waals surface area contributed by atoms with Crippen LogP contribution in [-0.2, 0) is 9.47 Å². The summed E-state index contributed by atoms with van der Waals surface area (Å²) < 4.78 is 9.28. The van der Waals surface area contributed by atoms with E-state index in [0.29, 0.717) is 6.42 Å². The quantitative estimate of drug-likeness (QED) is 0.666. The van der Waals surface area contributed by atoms with E-state index in [4.69, 9.17) is 11.5 Å². The fourth-order valence-electron chi connectivity index (χ4n) is 0.919. The lowest BCUT2D eigenvalue weighted by atomic mass is 10.2. The largest absolute Gasteiger partial charge is 0.443 e. The first-order chi connectivity index (χ1) is 5.97. The lowest BCUT2D eigenvalue weighted by Gasteiger charge is -2.20. The maximum atomic E-state index is 10.4. The molecule has 6 heteroatoms. The van der Waals surface area contributed by atoms with E-state index < -0.39 is 24.4 Å². The molecule has 0 saturated heterocycles. The molecule has 0 fully saturated rings. The summed E-state index contributed by atoms with van der Waals surface area (Å²) in [5.41, 5.74) is 9.59. The Morgan fingerprint density at radius 1 is 1.23 bits per heavy atom. The average Bonchev–Trinajstić information content (AvgIpc) is 1.98. The molecule has 4 N–H and O–H groups in total. The monoisotopic (exact) mass is 190 g/mol. The summed E-state index contributed by atoms with van der Waals surface area (Å²) >= 11 is 0. The number of nitrogens with two attached hydrogens (primary N) is 2. The molecular weight excluding hydrogens is 176 g/mol. The molecule has 0 bridgehead atoms. The first kappa shape index (κ1) is 11.5. The number of primary amides is 2. The first-order valence-electron chi connectivity index (χ1n) is 3.89. The van der Waals surface area contributed by atoms with E-state index in [9.17, 15) is 9.59 Å². The molecule has 2 unspecified atom stereocenters. The molecule has 0 aliphatic heterocycles. The summed E-state index contributed by atoms with van der Waals surface area (Å²) in [6.07, 6.45) is -2.44. The van der Waals surface area contributed by atoms with Gasteiger partial charge in [0.05, 0.1) is 0 Å². The topological polar surface area (TPSA) is 105 Å². The molecule has 0 spiro atoms. The molecule has 0 aliphatic rings. The summed E-state index contributed by atoms with van der Waals surface area (Å²) in [4.78, 5) is 20.7. The molecule has 2 atom stereocenters. The lowest BCUT2D eigenvalue weighted by molar-refractivity contribution is 0.00381. The van der Waals surface area contributed by atoms with Crippen LogP contribution in [0.25, 0.3) is 0 Å². The molecule has 0 aromatic heterocycles. The predicted octanol–water partition coefficient (Wildman–Crippen LogP) is 0.344. The Bertz CT molecular complexity index is 195. The van der Waals surface area contributed by atoms with E-state index in [0.717, 1.165) is 0 Å². The van der Waals surface area contributed by atoms with Gasteiger partial charge in [-0.1, -0.05) is 6.92 Å². The second-order valence-electron chi connectivity index (χ2n) is 2.53. The molecule has 0 rings (SSSR count). The summed E-state index contributed by atoms with van der Waals surface area (Å²) in [6.45, 7) is 3.34. The molecule has 0 aromatic carbocycles. The Morgan fingerprint density at radius 3 is 2.00 bits per heavy atom. The highest BCUT2D eigenvalue weighted by Gasteiger charge is 2.21. The summed E-state index contributed by atoms with van der Waals surface area (Å²) in [7, 11) is 0. The van der Waals surface area contributed by atoms with Crippen molar-refractivity contribution >= 4 is 12.2 Å². The Labute approximate surface area is 76.2 Å². The van der Waals surface area contributed by atoms with Crippen LogP contribution in [0.2, 0.25) is 0 Å². The molecule has 76 valence electrons. The van der Waals surface area contributed by atoms with Gasteiger partial charge in [0.2, 0.25) is 0 Å². The number of carbonyl (C=O) groups is 2. The van der Waals surface area contributed by atoms with E-state index in [2.05, 4.69) is 9.47 Å². The van der Waals surface area contributed by atoms with Crippen LogP contribution in [0.3, 0.4) is 0 Å². The highest BCUT2D eigenvalue weighted by atomic mass is 16.6. The third-order valence-corrected chi connectivity index (χ3v) is 1.50. The van der Waals surface area contributed by atoms with Gasteiger partial charge in [-0.05, 0) is 13.3 Å². The first-order valence-corrected chi connectivity index (χ1v) is 3.89. The van der Waals surface area contributed by atoms with Gasteiger partial charge in [0.15, 0.2) is 0 Å². The van der Waals surface area contributed by atoms with Crippen molar-refractivity contribution in [3.05, 3.63) is 0 Å². The van der Waals surface area contributed by atoms with Crippen molar-refractivity contribution in [1.82, 2.24) is 0 Å². The number of ether oxygens (including phenoxy) is 2. The Balaban J connectivity index is 4.06. The van der Waals surface area contributed by atoms with Gasteiger partial charge in [-0.15, -0.1) is 0 Å². The number of hydrogen-bond donors (Lipinski definition) is 2. The zero-order valence-corrected chi connectivity index (χ0v) is 7.65. The Hall–Kier alpha value is -1.46. The number of rotatable bonds is 4. The second-order valence-corrected chi connectivity index (χ2v) is 2.53. The van der Waals surface area contributed by atoms with E-state index in [-0.39, 0.29) is 0 Å². The molecule has 0 radical (unpaired) electrons. The number of hydrogen-bond acceptors (Lipinski definition) is 4. The molecular formula is C7H14N2O4. The minimum Gasteiger partial charge on any atom is -0.443 e. The molecule has 0 saturated carbocycles. The van der Waals surface area contributed by atoms with E-state index in [1.165, 1.54) is 0 Å². The maximum Gasteiger partial charge on any atom is 0.404 e. The molecule has 0 aliphatic carbocycles. The van der Waals surface area contributed by atoms with Gasteiger partial charge in [0.1, 0.15) is 12.2 Å². The second kappa shape index (κ2) is 5.23. The highest BCUT2D eigenvalue weighted by molar-refractivity contribution is 5.66. The van der Waals surface area contributed by atoms with E-state index in [1.54, 1.807) is 13.8 Å². The van der Waals surface area contributed by atoms with Crippen molar-refractivity contribution in [2.45, 2.75) is 32.5 Å². The average molecular weight is 190 g/mol. The van der Waals surface area contributed by atoms with Crippen LogP contribution in [0.4, 0.5) is 9.59 Å². The fraction of sp³-hybridized carbons (Fsp3) is 0.714. The minimum atomic E-state index is -0.904. The molecule has 0 heterocycles. The van der Waals surface area contributed by atoms with Crippen LogP contribution < -0.4 is 11.5 Å². The van der Waals surface area contributed by atoms with Gasteiger partial charge >= 0.3 is 12.2 Å². The van der Waals surface area contributed by atoms with Crippen LogP contribution in [0.15, 0.2) is 0 Å². The standard InChI is InChI=1S/C7H14N2O4/c1-3-5(13-7(9)11)4(2)12-6(8)10/h4-5H,3H2,1-2H3,(H2,8,10)(H2,9,11). The van der Waals surface area contributed by atoms with Gasteiger partial charge in [-0.25, -0.2) is 9.59 Å². The van der Waals surface area contributed by atoms with Crippen LogP contribution in [0.1, 0.15) is 20.3 Å². The Kier molecular flexibility index (Phi) is 4.64. The van der Waals surface area contributed by atoms with Crippen LogP contribution in [0.5, 0.6) is 0 Å². The molecule has 6 nitrogen and oxygen atoms in total.